The lowest BCUT2D eigenvalue weighted by molar-refractivity contribution is -0.118. The molecule has 2 aromatic carbocycles. The highest BCUT2D eigenvalue weighted by molar-refractivity contribution is 14.1. The van der Waals surface area contributed by atoms with Gasteiger partial charge in [-0.3, -0.25) is 4.79 Å². The van der Waals surface area contributed by atoms with Crippen molar-refractivity contribution in [3.63, 3.8) is 0 Å². The summed E-state index contributed by atoms with van der Waals surface area (Å²) in [5.74, 6) is 0.299. The Balaban J connectivity index is 1.71. The number of halogens is 2. The minimum Gasteiger partial charge on any atom is -0.490 e. The number of hydrogen-bond acceptors (Lipinski definition) is 5. The van der Waals surface area contributed by atoms with Crippen LogP contribution < -0.4 is 14.8 Å². The maximum Gasteiger partial charge on any atom is 0.262 e. The lowest BCUT2D eigenvalue weighted by Gasteiger charge is -2.29. The number of carbonyl (C=O) groups excluding carboxylic acids is 1. The van der Waals surface area contributed by atoms with Gasteiger partial charge >= 0.3 is 0 Å². The van der Waals surface area contributed by atoms with E-state index >= 15 is 0 Å². The highest BCUT2D eigenvalue weighted by Crippen LogP contribution is 2.35. The molecule has 1 aliphatic heterocycles. The number of amides is 1. The third-order valence-electron chi connectivity index (χ3n) is 4.33. The third-order valence-corrected chi connectivity index (χ3v) is 5.63. The van der Waals surface area contributed by atoms with Gasteiger partial charge in [-0.1, -0.05) is 12.2 Å². The van der Waals surface area contributed by atoms with Crippen molar-refractivity contribution in [1.29, 1.82) is 0 Å². The van der Waals surface area contributed by atoms with E-state index in [1.165, 1.54) is 24.3 Å². The van der Waals surface area contributed by atoms with E-state index in [0.29, 0.717) is 37.0 Å². The van der Waals surface area contributed by atoms with Gasteiger partial charge in [-0.2, -0.15) is 0 Å². The summed E-state index contributed by atoms with van der Waals surface area (Å²) in [6.07, 6.45) is 0. The molecule has 0 saturated carbocycles. The summed E-state index contributed by atoms with van der Waals surface area (Å²) in [6.45, 7) is 4.93. The first-order valence-corrected chi connectivity index (χ1v) is 11.0. The molecule has 160 valence electrons. The molecule has 0 bridgehead atoms. The summed E-state index contributed by atoms with van der Waals surface area (Å²) >= 11 is 7.80. The number of anilines is 1. The summed E-state index contributed by atoms with van der Waals surface area (Å²) in [5.41, 5.74) is 1.36. The number of morpholine rings is 1. The molecule has 1 amide bonds. The average Bonchev–Trinajstić information content (AvgIpc) is 2.75. The second-order valence-electron chi connectivity index (χ2n) is 6.47. The van der Waals surface area contributed by atoms with Crippen molar-refractivity contribution in [1.82, 2.24) is 4.90 Å². The molecule has 0 unspecified atom stereocenters. The van der Waals surface area contributed by atoms with Crippen molar-refractivity contribution in [3.05, 3.63) is 51.3 Å². The molecule has 1 N–H and O–H groups in total. The number of ether oxygens (including phenoxy) is 3. The molecule has 0 spiro atoms. The van der Waals surface area contributed by atoms with E-state index in [0.717, 1.165) is 27.2 Å². The Morgan fingerprint density at radius 1 is 1.23 bits per heavy atom. The van der Waals surface area contributed by atoms with Crippen molar-refractivity contribution in [2.45, 2.75) is 6.92 Å². The van der Waals surface area contributed by atoms with E-state index in [1.807, 2.05) is 19.1 Å². The van der Waals surface area contributed by atoms with Gasteiger partial charge in [0.15, 0.2) is 18.1 Å². The zero-order valence-corrected chi connectivity index (χ0v) is 19.4. The number of hydrogen-bond donors (Lipinski definition) is 1. The van der Waals surface area contributed by atoms with Gasteiger partial charge in [0.05, 0.1) is 23.4 Å². The predicted molar refractivity (Wildman–Crippen MR) is 125 cm³/mol. The first kappa shape index (κ1) is 22.7. The molecule has 3 rings (SSSR count). The Morgan fingerprint density at radius 3 is 2.60 bits per heavy atom. The van der Waals surface area contributed by atoms with E-state index in [2.05, 4.69) is 32.8 Å². The quantitative estimate of drug-likeness (QED) is 0.422. The Morgan fingerprint density at radius 2 is 1.93 bits per heavy atom. The Labute approximate surface area is 193 Å². The number of nitrogens with zero attached hydrogens (tertiary/aromatic N) is 1. The van der Waals surface area contributed by atoms with Gasteiger partial charge < -0.3 is 24.4 Å². The minimum absolute atomic E-state index is 0.208. The van der Waals surface area contributed by atoms with E-state index in [-0.39, 0.29) is 18.3 Å². The maximum absolute atomic E-state index is 13.0. The first-order valence-electron chi connectivity index (χ1n) is 9.49. The summed E-state index contributed by atoms with van der Waals surface area (Å²) in [6, 6.07) is 9.31. The third kappa shape index (κ3) is 6.02. The standard InChI is InChI=1S/C21H22FIN2O4S/c1-2-28-18-12-14(21(30)25-7-9-27-10-8-25)11-17(23)20(18)29-13-19(26)24-16-5-3-15(22)4-6-16/h3-6,11-12H,2,7-10,13H2,1H3,(H,24,26). The summed E-state index contributed by atoms with van der Waals surface area (Å²) in [5, 5.41) is 2.67. The van der Waals surface area contributed by atoms with Crippen LogP contribution in [0.4, 0.5) is 10.1 Å². The van der Waals surface area contributed by atoms with Gasteiger partial charge in [-0.15, -0.1) is 0 Å². The van der Waals surface area contributed by atoms with Crippen LogP contribution in [0.2, 0.25) is 0 Å². The van der Waals surface area contributed by atoms with Crippen LogP contribution in [0.15, 0.2) is 36.4 Å². The maximum atomic E-state index is 13.0. The van der Waals surface area contributed by atoms with Crippen molar-refractivity contribution >= 4 is 51.4 Å². The van der Waals surface area contributed by atoms with E-state index in [1.54, 1.807) is 0 Å². The van der Waals surface area contributed by atoms with Crippen LogP contribution in [0.25, 0.3) is 0 Å². The number of rotatable bonds is 7. The number of nitrogens with one attached hydrogen (secondary N) is 1. The summed E-state index contributed by atoms with van der Waals surface area (Å²) in [4.78, 5) is 15.1. The fraction of sp³-hybridized carbons (Fsp3) is 0.333. The van der Waals surface area contributed by atoms with Gasteiger partial charge in [0.1, 0.15) is 10.8 Å². The van der Waals surface area contributed by atoms with Crippen LogP contribution in [-0.4, -0.2) is 55.3 Å². The monoisotopic (exact) mass is 544 g/mol. The van der Waals surface area contributed by atoms with Crippen LogP contribution in [0.3, 0.4) is 0 Å². The highest BCUT2D eigenvalue weighted by Gasteiger charge is 2.20. The summed E-state index contributed by atoms with van der Waals surface area (Å²) < 4.78 is 30.7. The molecule has 9 heteroatoms. The molecule has 2 aromatic rings. The lowest BCUT2D eigenvalue weighted by atomic mass is 10.1. The largest absolute Gasteiger partial charge is 0.490 e. The Bertz CT molecular complexity index is 905. The van der Waals surface area contributed by atoms with Crippen LogP contribution in [0.1, 0.15) is 12.5 Å². The van der Waals surface area contributed by atoms with E-state index in [4.69, 9.17) is 26.4 Å². The van der Waals surface area contributed by atoms with Gasteiger partial charge in [-0.25, -0.2) is 4.39 Å². The molecule has 0 atom stereocenters. The zero-order chi connectivity index (χ0) is 21.5. The van der Waals surface area contributed by atoms with Crippen molar-refractivity contribution < 1.29 is 23.4 Å². The molecule has 0 aromatic heterocycles. The van der Waals surface area contributed by atoms with E-state index < -0.39 is 0 Å². The topological polar surface area (TPSA) is 60.0 Å². The first-order chi connectivity index (χ1) is 14.5. The minimum atomic E-state index is -0.366. The number of thiocarbonyl (C=S) groups is 1. The van der Waals surface area contributed by atoms with Crippen LogP contribution in [-0.2, 0) is 9.53 Å². The molecular formula is C21H22FIN2O4S. The van der Waals surface area contributed by atoms with Crippen molar-refractivity contribution in [2.24, 2.45) is 0 Å². The smallest absolute Gasteiger partial charge is 0.262 e. The predicted octanol–water partition coefficient (Wildman–Crippen LogP) is 3.85. The molecular weight excluding hydrogens is 522 g/mol. The zero-order valence-electron chi connectivity index (χ0n) is 16.5. The van der Waals surface area contributed by atoms with Crippen molar-refractivity contribution in [2.75, 3.05) is 44.8 Å². The average molecular weight is 544 g/mol. The lowest BCUT2D eigenvalue weighted by Crippen LogP contribution is -2.40. The van der Waals surface area contributed by atoms with E-state index in [9.17, 15) is 9.18 Å². The molecule has 30 heavy (non-hydrogen) atoms. The second kappa shape index (κ2) is 10.9. The van der Waals surface area contributed by atoms with Gasteiger partial charge in [0.2, 0.25) is 0 Å². The van der Waals surface area contributed by atoms with Gasteiger partial charge in [0.25, 0.3) is 5.91 Å². The molecule has 1 fully saturated rings. The SMILES string of the molecule is CCOc1cc(C(=S)N2CCOCC2)cc(I)c1OCC(=O)Nc1ccc(F)cc1. The van der Waals surface area contributed by atoms with Crippen LogP contribution >= 0.6 is 34.8 Å². The van der Waals surface area contributed by atoms with Crippen LogP contribution in [0.5, 0.6) is 11.5 Å². The molecule has 1 saturated heterocycles. The number of carbonyl (C=O) groups is 1. The second-order valence-corrected chi connectivity index (χ2v) is 8.02. The Hall–Kier alpha value is -1.98. The molecule has 1 heterocycles. The fourth-order valence-electron chi connectivity index (χ4n) is 2.91. The Kier molecular flexibility index (Phi) is 8.23. The highest BCUT2D eigenvalue weighted by atomic mass is 127. The fourth-order valence-corrected chi connectivity index (χ4v) is 3.97. The molecule has 0 radical (unpaired) electrons. The van der Waals surface area contributed by atoms with Gasteiger partial charge in [0, 0.05) is 24.3 Å². The van der Waals surface area contributed by atoms with Crippen LogP contribution in [0, 0.1) is 9.39 Å². The molecule has 0 aliphatic carbocycles. The van der Waals surface area contributed by atoms with Gasteiger partial charge in [-0.05, 0) is 65.9 Å². The summed E-state index contributed by atoms with van der Waals surface area (Å²) in [7, 11) is 0. The number of benzene rings is 2. The van der Waals surface area contributed by atoms with Crippen molar-refractivity contribution in [3.8, 4) is 11.5 Å². The molecule has 6 nitrogen and oxygen atoms in total. The molecule has 1 aliphatic rings. The normalized spacial score (nSPS) is 13.6.